The SMILES string of the molecule is C[C@H]1[C@H](CO)[C@H](c2ccccc2)O[C@]1(CO)Cc1ccccc1. The molecule has 0 unspecified atom stereocenters. The molecule has 4 atom stereocenters. The minimum absolute atomic E-state index is 0.0201. The monoisotopic (exact) mass is 312 g/mol. The van der Waals surface area contributed by atoms with Gasteiger partial charge in [-0.15, -0.1) is 0 Å². The van der Waals surface area contributed by atoms with E-state index in [1.807, 2.05) is 48.5 Å². The summed E-state index contributed by atoms with van der Waals surface area (Å²) in [6.45, 7) is 2.07. The van der Waals surface area contributed by atoms with E-state index in [1.165, 1.54) is 0 Å². The summed E-state index contributed by atoms with van der Waals surface area (Å²) in [4.78, 5) is 0. The van der Waals surface area contributed by atoms with Crippen LogP contribution in [0, 0.1) is 11.8 Å². The molecule has 23 heavy (non-hydrogen) atoms. The predicted molar refractivity (Wildman–Crippen MR) is 90.0 cm³/mol. The van der Waals surface area contributed by atoms with Gasteiger partial charge in [-0.25, -0.2) is 0 Å². The fourth-order valence-electron chi connectivity index (χ4n) is 3.69. The van der Waals surface area contributed by atoms with Gasteiger partial charge < -0.3 is 14.9 Å². The van der Waals surface area contributed by atoms with Crippen molar-refractivity contribution in [2.45, 2.75) is 25.0 Å². The van der Waals surface area contributed by atoms with Crippen molar-refractivity contribution < 1.29 is 14.9 Å². The Morgan fingerprint density at radius 3 is 2.13 bits per heavy atom. The summed E-state index contributed by atoms with van der Waals surface area (Å²) in [7, 11) is 0. The predicted octanol–water partition coefficient (Wildman–Crippen LogP) is 2.98. The van der Waals surface area contributed by atoms with E-state index in [1.54, 1.807) is 0 Å². The molecular weight excluding hydrogens is 288 g/mol. The first-order chi connectivity index (χ1) is 11.2. The van der Waals surface area contributed by atoms with E-state index < -0.39 is 5.60 Å². The number of benzene rings is 2. The molecular formula is C20H24O3. The fraction of sp³-hybridized carbons (Fsp3) is 0.400. The molecule has 1 aliphatic heterocycles. The van der Waals surface area contributed by atoms with Crippen molar-refractivity contribution in [3.05, 3.63) is 71.8 Å². The van der Waals surface area contributed by atoms with Crippen LogP contribution in [-0.2, 0) is 11.2 Å². The van der Waals surface area contributed by atoms with Gasteiger partial charge in [-0.1, -0.05) is 67.6 Å². The number of aliphatic hydroxyl groups excluding tert-OH is 2. The second kappa shape index (κ2) is 6.83. The standard InChI is InChI=1S/C20H24O3/c1-15-18(13-21)19(17-10-6-3-7-11-17)23-20(15,14-22)12-16-8-4-2-5-9-16/h2-11,15,18-19,21-22H,12-14H2,1H3/t15-,18-,19-,20-/m0/s1. The Labute approximate surface area is 137 Å². The number of rotatable bonds is 5. The van der Waals surface area contributed by atoms with Gasteiger partial charge in [-0.2, -0.15) is 0 Å². The normalized spacial score (nSPS) is 30.5. The van der Waals surface area contributed by atoms with Gasteiger partial charge in [0.05, 0.1) is 18.3 Å². The molecule has 0 saturated carbocycles. The van der Waals surface area contributed by atoms with Gasteiger partial charge in [0.2, 0.25) is 0 Å². The van der Waals surface area contributed by atoms with Crippen molar-refractivity contribution in [3.63, 3.8) is 0 Å². The van der Waals surface area contributed by atoms with Crippen LogP contribution in [0.4, 0.5) is 0 Å². The number of ether oxygens (including phenoxy) is 1. The van der Waals surface area contributed by atoms with Crippen LogP contribution < -0.4 is 0 Å². The maximum Gasteiger partial charge on any atom is 0.0990 e. The van der Waals surface area contributed by atoms with Crippen LogP contribution in [0.25, 0.3) is 0 Å². The summed E-state index contributed by atoms with van der Waals surface area (Å²) in [5.41, 5.74) is 1.54. The Morgan fingerprint density at radius 2 is 1.57 bits per heavy atom. The topological polar surface area (TPSA) is 49.7 Å². The third kappa shape index (κ3) is 3.05. The zero-order valence-electron chi connectivity index (χ0n) is 13.4. The number of aliphatic hydroxyl groups is 2. The third-order valence-corrected chi connectivity index (χ3v) is 5.18. The summed E-state index contributed by atoms with van der Waals surface area (Å²) in [5.74, 6) is 0.0381. The van der Waals surface area contributed by atoms with E-state index in [9.17, 15) is 10.2 Å². The van der Waals surface area contributed by atoms with Gasteiger partial charge in [-0.05, 0) is 17.0 Å². The highest BCUT2D eigenvalue weighted by atomic mass is 16.5. The van der Waals surface area contributed by atoms with Crippen LogP contribution in [-0.4, -0.2) is 29.0 Å². The fourth-order valence-corrected chi connectivity index (χ4v) is 3.69. The van der Waals surface area contributed by atoms with Crippen LogP contribution in [0.15, 0.2) is 60.7 Å². The van der Waals surface area contributed by atoms with Crippen LogP contribution in [0.1, 0.15) is 24.2 Å². The lowest BCUT2D eigenvalue weighted by molar-refractivity contribution is -0.0898. The van der Waals surface area contributed by atoms with Crippen molar-refractivity contribution in [1.29, 1.82) is 0 Å². The lowest BCUT2D eigenvalue weighted by Gasteiger charge is -2.32. The molecule has 2 N–H and O–H groups in total. The first kappa shape index (κ1) is 16.2. The molecule has 1 heterocycles. The van der Waals surface area contributed by atoms with Crippen LogP contribution in [0.5, 0.6) is 0 Å². The molecule has 2 aromatic rings. The number of hydrogen-bond donors (Lipinski definition) is 2. The molecule has 0 amide bonds. The van der Waals surface area contributed by atoms with Crippen molar-refractivity contribution in [2.75, 3.05) is 13.2 Å². The van der Waals surface area contributed by atoms with Crippen molar-refractivity contribution in [3.8, 4) is 0 Å². The molecule has 1 aliphatic rings. The maximum absolute atomic E-state index is 10.1. The number of hydrogen-bond acceptors (Lipinski definition) is 3. The molecule has 2 aromatic carbocycles. The zero-order chi connectivity index (χ0) is 16.3. The summed E-state index contributed by atoms with van der Waals surface area (Å²) in [6, 6.07) is 20.1. The van der Waals surface area contributed by atoms with Crippen molar-refractivity contribution in [1.82, 2.24) is 0 Å². The first-order valence-electron chi connectivity index (χ1n) is 8.18. The van der Waals surface area contributed by atoms with Crippen LogP contribution in [0.3, 0.4) is 0 Å². The van der Waals surface area contributed by atoms with Gasteiger partial charge in [0, 0.05) is 18.9 Å². The highest BCUT2D eigenvalue weighted by molar-refractivity contribution is 5.24. The average molecular weight is 312 g/mol. The molecule has 1 saturated heterocycles. The Hall–Kier alpha value is -1.68. The first-order valence-corrected chi connectivity index (χ1v) is 8.18. The van der Waals surface area contributed by atoms with Crippen molar-refractivity contribution in [2.24, 2.45) is 11.8 Å². The highest BCUT2D eigenvalue weighted by Gasteiger charge is 2.52. The Kier molecular flexibility index (Phi) is 4.81. The molecule has 0 radical (unpaired) electrons. The van der Waals surface area contributed by atoms with E-state index in [2.05, 4.69) is 19.1 Å². The second-order valence-electron chi connectivity index (χ2n) is 6.47. The molecule has 0 aromatic heterocycles. The minimum Gasteiger partial charge on any atom is -0.396 e. The van der Waals surface area contributed by atoms with Gasteiger partial charge >= 0.3 is 0 Å². The average Bonchev–Trinajstić information content (AvgIpc) is 2.89. The van der Waals surface area contributed by atoms with Gasteiger partial charge in [0.15, 0.2) is 0 Å². The van der Waals surface area contributed by atoms with E-state index >= 15 is 0 Å². The van der Waals surface area contributed by atoms with E-state index in [0.29, 0.717) is 6.42 Å². The Bertz CT molecular complexity index is 613. The largest absolute Gasteiger partial charge is 0.396 e. The summed E-state index contributed by atoms with van der Waals surface area (Å²) < 4.78 is 6.39. The zero-order valence-corrected chi connectivity index (χ0v) is 13.4. The lowest BCUT2D eigenvalue weighted by atomic mass is 9.77. The van der Waals surface area contributed by atoms with E-state index in [4.69, 9.17) is 4.74 Å². The van der Waals surface area contributed by atoms with Gasteiger partial charge in [-0.3, -0.25) is 0 Å². The molecule has 0 spiro atoms. The van der Waals surface area contributed by atoms with Crippen LogP contribution in [0.2, 0.25) is 0 Å². The summed E-state index contributed by atoms with van der Waals surface area (Å²) >= 11 is 0. The molecule has 0 bridgehead atoms. The molecule has 122 valence electrons. The molecule has 1 fully saturated rings. The van der Waals surface area contributed by atoms with Crippen LogP contribution >= 0.6 is 0 Å². The van der Waals surface area contributed by atoms with Crippen molar-refractivity contribution >= 4 is 0 Å². The smallest absolute Gasteiger partial charge is 0.0990 e. The van der Waals surface area contributed by atoms with Gasteiger partial charge in [0.25, 0.3) is 0 Å². The molecule has 3 nitrogen and oxygen atoms in total. The molecule has 3 rings (SSSR count). The summed E-state index contributed by atoms with van der Waals surface area (Å²) in [6.07, 6.45) is 0.456. The van der Waals surface area contributed by atoms with Gasteiger partial charge in [0.1, 0.15) is 0 Å². The Balaban J connectivity index is 1.92. The maximum atomic E-state index is 10.1. The summed E-state index contributed by atoms with van der Waals surface area (Å²) in [5, 5.41) is 20.0. The quantitative estimate of drug-likeness (QED) is 0.892. The molecule has 0 aliphatic carbocycles. The van der Waals surface area contributed by atoms with E-state index in [0.717, 1.165) is 11.1 Å². The minimum atomic E-state index is -0.657. The third-order valence-electron chi connectivity index (χ3n) is 5.18. The van der Waals surface area contributed by atoms with E-state index in [-0.39, 0.29) is 31.2 Å². The Morgan fingerprint density at radius 1 is 0.957 bits per heavy atom. The highest BCUT2D eigenvalue weighted by Crippen LogP contribution is 2.49. The lowest BCUT2D eigenvalue weighted by Crippen LogP contribution is -2.42. The molecule has 3 heteroatoms. The second-order valence-corrected chi connectivity index (χ2v) is 6.47.